The fraction of sp³-hybridized carbons (Fsp3) is 0.240. The van der Waals surface area contributed by atoms with E-state index in [1.54, 1.807) is 0 Å². The molecule has 29 heavy (non-hydrogen) atoms. The van der Waals surface area contributed by atoms with Gasteiger partial charge in [-0.25, -0.2) is 0 Å². The quantitative estimate of drug-likeness (QED) is 0.434. The summed E-state index contributed by atoms with van der Waals surface area (Å²) in [7, 11) is 0. The number of ether oxygens (including phenoxy) is 2. The molecule has 0 bridgehead atoms. The number of fused-ring (bicyclic) bond motifs is 4. The maximum Gasteiger partial charge on any atom is 0.163 e. The number of para-hydroxylation sites is 1. The van der Waals surface area contributed by atoms with Gasteiger partial charge in [-0.15, -0.1) is 0 Å². The Balaban J connectivity index is 1.19. The topological polar surface area (TPSA) is 51.3 Å². The Labute approximate surface area is 169 Å². The normalized spacial score (nSPS) is 13.6. The van der Waals surface area contributed by atoms with Crippen LogP contribution in [0.3, 0.4) is 0 Å². The minimum atomic E-state index is 0.229. The van der Waals surface area contributed by atoms with Gasteiger partial charge >= 0.3 is 0 Å². The smallest absolute Gasteiger partial charge is 0.163 e. The lowest BCUT2D eigenvalue weighted by molar-refractivity contribution is 0.0971. The van der Waals surface area contributed by atoms with Gasteiger partial charge in [-0.1, -0.05) is 30.3 Å². The summed E-state index contributed by atoms with van der Waals surface area (Å²) in [6.45, 7) is 1.15. The van der Waals surface area contributed by atoms with Crippen molar-refractivity contribution in [3.8, 4) is 11.5 Å². The van der Waals surface area contributed by atoms with E-state index in [0.29, 0.717) is 19.6 Å². The molecule has 4 heteroatoms. The monoisotopic (exact) mass is 385 g/mol. The van der Waals surface area contributed by atoms with E-state index in [9.17, 15) is 4.79 Å². The van der Waals surface area contributed by atoms with Crippen LogP contribution in [-0.2, 0) is 6.42 Å². The maximum absolute atomic E-state index is 12.0. The van der Waals surface area contributed by atoms with E-state index in [4.69, 9.17) is 9.47 Å². The van der Waals surface area contributed by atoms with Crippen LogP contribution in [0, 0.1) is 0 Å². The van der Waals surface area contributed by atoms with E-state index >= 15 is 0 Å². The molecular weight excluding hydrogens is 362 g/mol. The molecule has 0 unspecified atom stereocenters. The largest absolute Gasteiger partial charge is 0.493 e. The second-order valence-electron chi connectivity index (χ2n) is 7.49. The molecule has 0 amide bonds. The summed E-state index contributed by atoms with van der Waals surface area (Å²) >= 11 is 0. The van der Waals surface area contributed by atoms with Gasteiger partial charge in [0, 0.05) is 46.3 Å². The van der Waals surface area contributed by atoms with Crippen molar-refractivity contribution in [2.75, 3.05) is 13.2 Å². The van der Waals surface area contributed by atoms with Crippen LogP contribution in [0.1, 0.15) is 35.2 Å². The molecule has 0 fully saturated rings. The van der Waals surface area contributed by atoms with Gasteiger partial charge in [-0.3, -0.25) is 4.79 Å². The van der Waals surface area contributed by atoms with Crippen molar-refractivity contribution in [1.82, 2.24) is 4.98 Å². The van der Waals surface area contributed by atoms with Crippen LogP contribution in [-0.4, -0.2) is 24.0 Å². The number of nitrogens with one attached hydrogen (secondary N) is 1. The van der Waals surface area contributed by atoms with Crippen molar-refractivity contribution in [3.05, 3.63) is 71.8 Å². The van der Waals surface area contributed by atoms with Crippen LogP contribution in [0.15, 0.2) is 60.7 Å². The molecule has 0 saturated heterocycles. The molecule has 0 atom stereocenters. The first-order valence-electron chi connectivity index (χ1n) is 10.2. The van der Waals surface area contributed by atoms with Gasteiger partial charge in [0.15, 0.2) is 5.78 Å². The predicted octanol–water partition coefficient (Wildman–Crippen LogP) is 5.69. The highest BCUT2D eigenvalue weighted by Crippen LogP contribution is 2.30. The number of ketones is 1. The molecule has 0 aliphatic heterocycles. The summed E-state index contributed by atoms with van der Waals surface area (Å²) in [5.41, 5.74) is 4.11. The first-order valence-corrected chi connectivity index (χ1v) is 10.2. The minimum absolute atomic E-state index is 0.229. The second kappa shape index (κ2) is 7.63. The lowest BCUT2D eigenvalue weighted by atomic mass is 9.90. The summed E-state index contributed by atoms with van der Waals surface area (Å²) in [4.78, 5) is 15.5. The third-order valence-corrected chi connectivity index (χ3v) is 5.56. The number of aromatic amines is 1. The Kier molecular flexibility index (Phi) is 4.68. The van der Waals surface area contributed by atoms with Gasteiger partial charge in [0.2, 0.25) is 0 Å². The van der Waals surface area contributed by atoms with E-state index in [2.05, 4.69) is 35.3 Å². The predicted molar refractivity (Wildman–Crippen MR) is 115 cm³/mol. The van der Waals surface area contributed by atoms with E-state index < -0.39 is 0 Å². The van der Waals surface area contributed by atoms with Crippen molar-refractivity contribution in [2.24, 2.45) is 0 Å². The number of H-pyrrole nitrogens is 1. The van der Waals surface area contributed by atoms with Crippen LogP contribution in [0.5, 0.6) is 11.5 Å². The van der Waals surface area contributed by atoms with E-state index in [1.807, 2.05) is 30.3 Å². The third kappa shape index (κ3) is 3.46. The average Bonchev–Trinajstić information content (AvgIpc) is 3.12. The molecule has 1 heterocycles. The molecule has 4 nitrogen and oxygen atoms in total. The Morgan fingerprint density at radius 2 is 1.69 bits per heavy atom. The van der Waals surface area contributed by atoms with Gasteiger partial charge in [-0.2, -0.15) is 0 Å². The summed E-state index contributed by atoms with van der Waals surface area (Å²) in [5.74, 6) is 1.93. The molecule has 4 aromatic rings. The van der Waals surface area contributed by atoms with Crippen LogP contribution < -0.4 is 9.47 Å². The standard InChI is InChI=1S/C25H23NO3/c27-24-10-3-8-21-20(24)7-4-11-25(21)29-15-5-14-28-17-12-13-19-18-6-1-2-9-22(18)26-23(19)16-17/h1-2,4,6-7,9,11-13,16,26H,3,5,8,10,14-15H2. The first-order chi connectivity index (χ1) is 14.3. The third-order valence-electron chi connectivity index (χ3n) is 5.56. The number of aromatic nitrogens is 1. The zero-order valence-corrected chi connectivity index (χ0v) is 16.2. The molecule has 3 aromatic carbocycles. The van der Waals surface area contributed by atoms with Gasteiger partial charge in [0.05, 0.1) is 18.7 Å². The van der Waals surface area contributed by atoms with Gasteiger partial charge < -0.3 is 14.5 Å². The molecule has 1 N–H and O–H groups in total. The lowest BCUT2D eigenvalue weighted by Crippen LogP contribution is -2.13. The molecule has 0 radical (unpaired) electrons. The van der Waals surface area contributed by atoms with Crippen molar-refractivity contribution in [1.29, 1.82) is 0 Å². The highest BCUT2D eigenvalue weighted by molar-refractivity contribution is 6.07. The second-order valence-corrected chi connectivity index (χ2v) is 7.49. The van der Waals surface area contributed by atoms with Crippen LogP contribution >= 0.6 is 0 Å². The zero-order chi connectivity index (χ0) is 19.6. The van der Waals surface area contributed by atoms with Gasteiger partial charge in [0.25, 0.3) is 0 Å². The summed E-state index contributed by atoms with van der Waals surface area (Å²) in [6.07, 6.45) is 3.25. The highest BCUT2D eigenvalue weighted by atomic mass is 16.5. The first kappa shape index (κ1) is 17.8. The number of Topliss-reactive ketones (excluding diaryl/α,β-unsaturated/α-hetero) is 1. The minimum Gasteiger partial charge on any atom is -0.493 e. The molecule has 0 spiro atoms. The molecule has 5 rings (SSSR count). The van der Waals surface area contributed by atoms with E-state index in [0.717, 1.165) is 52.9 Å². The molecule has 1 aliphatic rings. The molecule has 1 aliphatic carbocycles. The van der Waals surface area contributed by atoms with Crippen molar-refractivity contribution < 1.29 is 14.3 Å². The fourth-order valence-electron chi connectivity index (χ4n) is 4.13. The van der Waals surface area contributed by atoms with E-state index in [-0.39, 0.29) is 5.78 Å². The molecule has 0 saturated carbocycles. The number of benzene rings is 3. The summed E-state index contributed by atoms with van der Waals surface area (Å²) in [6, 6.07) is 20.3. The number of carbonyl (C=O) groups excluding carboxylic acids is 1. The Morgan fingerprint density at radius 1 is 0.828 bits per heavy atom. The molecular formula is C25H23NO3. The molecule has 1 aromatic heterocycles. The van der Waals surface area contributed by atoms with Crippen molar-refractivity contribution >= 4 is 27.6 Å². The van der Waals surface area contributed by atoms with Crippen LogP contribution in [0.2, 0.25) is 0 Å². The number of hydrogen-bond acceptors (Lipinski definition) is 3. The van der Waals surface area contributed by atoms with Gasteiger partial charge in [-0.05, 0) is 37.1 Å². The number of hydrogen-bond donors (Lipinski definition) is 1. The van der Waals surface area contributed by atoms with Crippen molar-refractivity contribution in [3.63, 3.8) is 0 Å². The van der Waals surface area contributed by atoms with Crippen molar-refractivity contribution in [2.45, 2.75) is 25.7 Å². The highest BCUT2D eigenvalue weighted by Gasteiger charge is 2.20. The fourth-order valence-corrected chi connectivity index (χ4v) is 4.13. The average molecular weight is 385 g/mol. The number of carbonyl (C=O) groups is 1. The van der Waals surface area contributed by atoms with Crippen LogP contribution in [0.25, 0.3) is 21.8 Å². The van der Waals surface area contributed by atoms with Crippen LogP contribution in [0.4, 0.5) is 0 Å². The Bertz CT molecular complexity index is 1190. The lowest BCUT2D eigenvalue weighted by Gasteiger charge is -2.18. The summed E-state index contributed by atoms with van der Waals surface area (Å²) in [5, 5.41) is 2.44. The SMILES string of the molecule is O=C1CCCc2c(OCCCOc3ccc4c(c3)[nH]c3ccccc34)cccc21. The maximum atomic E-state index is 12.0. The zero-order valence-electron chi connectivity index (χ0n) is 16.2. The Morgan fingerprint density at radius 3 is 2.66 bits per heavy atom. The summed E-state index contributed by atoms with van der Waals surface area (Å²) < 4.78 is 11.9. The molecule has 146 valence electrons. The Hall–Kier alpha value is -3.27. The van der Waals surface area contributed by atoms with E-state index in [1.165, 1.54) is 10.8 Å². The van der Waals surface area contributed by atoms with Gasteiger partial charge in [0.1, 0.15) is 11.5 Å². The number of rotatable bonds is 6.